The molecular weight excluding hydrogens is 416 g/mol. The number of nitrogens with one attached hydrogen (secondary N) is 2. The van der Waals surface area contributed by atoms with Gasteiger partial charge in [-0.25, -0.2) is 14.8 Å². The Balaban J connectivity index is 1.19. The third-order valence-electron chi connectivity index (χ3n) is 5.31. The highest BCUT2D eigenvalue weighted by molar-refractivity contribution is 7.13. The Bertz CT molecular complexity index is 1040. The number of rotatable bonds is 5. The second kappa shape index (κ2) is 8.62. The Morgan fingerprint density at radius 1 is 1.13 bits per heavy atom. The van der Waals surface area contributed by atoms with E-state index in [9.17, 15) is 4.79 Å². The monoisotopic (exact) mass is 438 g/mol. The first-order valence-electron chi connectivity index (χ1n) is 10.1. The van der Waals surface area contributed by atoms with Gasteiger partial charge in [0.1, 0.15) is 12.2 Å². The lowest BCUT2D eigenvalue weighted by atomic mass is 10.1. The van der Waals surface area contributed by atoms with Gasteiger partial charge in [0.15, 0.2) is 6.10 Å². The molecule has 3 aromatic rings. The molecule has 2 N–H and O–H groups in total. The lowest BCUT2D eigenvalue weighted by Gasteiger charge is -2.18. The Kier molecular flexibility index (Phi) is 5.54. The molecular formula is C22H22N4O4S. The minimum absolute atomic E-state index is 0.127. The number of thiophene rings is 1. The molecule has 0 bridgehead atoms. The normalized spacial score (nSPS) is 24.5. The lowest BCUT2D eigenvalue weighted by Crippen LogP contribution is -2.38. The van der Waals surface area contributed by atoms with Gasteiger partial charge in [0.25, 0.3) is 0 Å². The van der Waals surface area contributed by atoms with E-state index in [-0.39, 0.29) is 24.9 Å². The molecule has 2 aromatic heterocycles. The summed E-state index contributed by atoms with van der Waals surface area (Å²) < 4.78 is 17.4. The first-order chi connectivity index (χ1) is 15.2. The average Bonchev–Trinajstić information content (AvgIpc) is 3.51. The molecule has 2 fully saturated rings. The molecule has 0 unspecified atom stereocenters. The molecule has 5 rings (SSSR count). The fraction of sp³-hybridized carbons (Fsp3) is 0.318. The molecule has 2 saturated heterocycles. The summed E-state index contributed by atoms with van der Waals surface area (Å²) >= 11 is 1.63. The molecule has 4 atom stereocenters. The Labute approximate surface area is 183 Å². The quantitative estimate of drug-likeness (QED) is 0.627. The van der Waals surface area contributed by atoms with Gasteiger partial charge in [-0.1, -0.05) is 23.8 Å². The summed E-state index contributed by atoms with van der Waals surface area (Å²) in [5, 5.41) is 8.06. The Morgan fingerprint density at radius 2 is 1.97 bits per heavy atom. The van der Waals surface area contributed by atoms with Gasteiger partial charge in [0, 0.05) is 11.9 Å². The highest BCUT2D eigenvalue weighted by Crippen LogP contribution is 2.31. The van der Waals surface area contributed by atoms with Crippen molar-refractivity contribution in [2.45, 2.75) is 31.3 Å². The molecule has 0 radical (unpaired) electrons. The zero-order chi connectivity index (χ0) is 21.2. The van der Waals surface area contributed by atoms with Gasteiger partial charge in [0.2, 0.25) is 5.95 Å². The number of ether oxygens (including phenoxy) is 3. The van der Waals surface area contributed by atoms with E-state index in [0.29, 0.717) is 18.2 Å². The van der Waals surface area contributed by atoms with Crippen LogP contribution in [0.15, 0.2) is 54.0 Å². The zero-order valence-corrected chi connectivity index (χ0v) is 17.7. The molecule has 1 aromatic carbocycles. The number of carbonyl (C=O) groups excluding carboxylic acids is 1. The molecule has 160 valence electrons. The molecule has 0 saturated carbocycles. The lowest BCUT2D eigenvalue weighted by molar-refractivity contribution is 0.00917. The third kappa shape index (κ3) is 4.39. The summed E-state index contributed by atoms with van der Waals surface area (Å²) in [4.78, 5) is 22.3. The van der Waals surface area contributed by atoms with Crippen LogP contribution in [0.5, 0.6) is 0 Å². The van der Waals surface area contributed by atoms with Crippen LogP contribution in [0.1, 0.15) is 5.56 Å². The largest absolute Gasteiger partial charge is 0.441 e. The number of hydrogen-bond donors (Lipinski definition) is 2. The molecule has 9 heteroatoms. The van der Waals surface area contributed by atoms with E-state index in [1.807, 2.05) is 54.8 Å². The smallest absolute Gasteiger partial charge is 0.412 e. The van der Waals surface area contributed by atoms with Crippen molar-refractivity contribution in [3.05, 3.63) is 59.6 Å². The van der Waals surface area contributed by atoms with Crippen molar-refractivity contribution in [1.29, 1.82) is 0 Å². The minimum Gasteiger partial charge on any atom is -0.441 e. The summed E-state index contributed by atoms with van der Waals surface area (Å²) in [6.45, 7) is 2.69. The number of nitrogens with zero attached hydrogens (tertiary/aromatic N) is 2. The number of fused-ring (bicyclic) bond motifs is 1. The van der Waals surface area contributed by atoms with E-state index in [0.717, 1.165) is 16.1 Å². The van der Waals surface area contributed by atoms with Crippen LogP contribution in [0, 0.1) is 6.92 Å². The Hall–Kier alpha value is -3.01. The summed E-state index contributed by atoms with van der Waals surface area (Å²) in [5.41, 5.74) is 2.67. The topological polar surface area (TPSA) is 94.6 Å². The zero-order valence-electron chi connectivity index (χ0n) is 16.9. The summed E-state index contributed by atoms with van der Waals surface area (Å²) in [7, 11) is 0. The predicted molar refractivity (Wildman–Crippen MR) is 117 cm³/mol. The van der Waals surface area contributed by atoms with Crippen LogP contribution in [0.25, 0.3) is 10.6 Å². The second-order valence-electron chi connectivity index (χ2n) is 7.52. The van der Waals surface area contributed by atoms with Crippen molar-refractivity contribution in [3.8, 4) is 10.6 Å². The second-order valence-corrected chi connectivity index (χ2v) is 8.47. The fourth-order valence-corrected chi connectivity index (χ4v) is 4.46. The fourth-order valence-electron chi connectivity index (χ4n) is 3.77. The van der Waals surface area contributed by atoms with Gasteiger partial charge in [-0.2, -0.15) is 0 Å². The van der Waals surface area contributed by atoms with Crippen molar-refractivity contribution in [1.82, 2.24) is 9.97 Å². The molecule has 2 aliphatic heterocycles. The van der Waals surface area contributed by atoms with Crippen LogP contribution < -0.4 is 10.6 Å². The van der Waals surface area contributed by atoms with Gasteiger partial charge in [-0.15, -0.1) is 11.3 Å². The SMILES string of the molecule is Cc1ccc(NC(=O)O[C@@H]2CO[C@H]3[C@@H]2OC[C@@H]3Nc2nccc(-c3cccs3)n2)cc1. The first kappa shape index (κ1) is 19.9. The number of amides is 1. The standard InChI is InChI=1S/C22H22N4O4S/c1-13-4-6-14(7-5-13)24-22(27)30-17-12-29-19-16(11-28-20(17)19)26-21-23-9-8-15(25-21)18-3-2-10-31-18/h2-10,16-17,19-20H,11-12H2,1H3,(H,24,27)(H,23,25,26)/t16-,17+,19+,20+/m0/s1. The van der Waals surface area contributed by atoms with Crippen molar-refractivity contribution in [2.24, 2.45) is 0 Å². The molecule has 1 amide bonds. The van der Waals surface area contributed by atoms with E-state index in [4.69, 9.17) is 14.2 Å². The summed E-state index contributed by atoms with van der Waals surface area (Å²) in [5.74, 6) is 0.519. The van der Waals surface area contributed by atoms with Crippen LogP contribution >= 0.6 is 11.3 Å². The summed E-state index contributed by atoms with van der Waals surface area (Å²) in [6, 6.07) is 13.3. The van der Waals surface area contributed by atoms with E-state index in [1.165, 1.54) is 0 Å². The van der Waals surface area contributed by atoms with E-state index < -0.39 is 12.2 Å². The van der Waals surface area contributed by atoms with Gasteiger partial charge in [0.05, 0.1) is 29.8 Å². The Morgan fingerprint density at radius 3 is 2.77 bits per heavy atom. The first-order valence-corrected chi connectivity index (χ1v) is 10.9. The van der Waals surface area contributed by atoms with Crippen LogP contribution in [0.2, 0.25) is 0 Å². The van der Waals surface area contributed by atoms with Crippen LogP contribution in [-0.4, -0.2) is 53.6 Å². The number of hydrogen-bond acceptors (Lipinski definition) is 8. The number of aromatic nitrogens is 2. The number of carbonyl (C=O) groups is 1. The van der Waals surface area contributed by atoms with Gasteiger partial charge < -0.3 is 19.5 Å². The predicted octanol–water partition coefficient (Wildman–Crippen LogP) is 3.71. The van der Waals surface area contributed by atoms with Gasteiger partial charge in [-0.05, 0) is 36.6 Å². The molecule has 2 aliphatic rings. The van der Waals surface area contributed by atoms with E-state index in [2.05, 4.69) is 20.6 Å². The summed E-state index contributed by atoms with van der Waals surface area (Å²) in [6.07, 6.45) is 0.160. The van der Waals surface area contributed by atoms with Crippen LogP contribution in [0.4, 0.5) is 16.4 Å². The number of anilines is 2. The van der Waals surface area contributed by atoms with Crippen molar-refractivity contribution in [3.63, 3.8) is 0 Å². The van der Waals surface area contributed by atoms with E-state index >= 15 is 0 Å². The maximum absolute atomic E-state index is 12.3. The van der Waals surface area contributed by atoms with Crippen molar-refractivity contribution < 1.29 is 19.0 Å². The van der Waals surface area contributed by atoms with E-state index in [1.54, 1.807) is 17.5 Å². The van der Waals surface area contributed by atoms with Gasteiger partial charge >= 0.3 is 6.09 Å². The van der Waals surface area contributed by atoms with Crippen LogP contribution in [0.3, 0.4) is 0 Å². The molecule has 0 aliphatic carbocycles. The highest BCUT2D eigenvalue weighted by atomic mass is 32.1. The van der Waals surface area contributed by atoms with Crippen molar-refractivity contribution in [2.75, 3.05) is 23.8 Å². The highest BCUT2D eigenvalue weighted by Gasteiger charge is 2.49. The maximum atomic E-state index is 12.3. The number of aryl methyl sites for hydroxylation is 1. The molecule has 4 heterocycles. The average molecular weight is 439 g/mol. The number of benzene rings is 1. The van der Waals surface area contributed by atoms with Crippen molar-refractivity contribution >= 4 is 29.1 Å². The van der Waals surface area contributed by atoms with Crippen LogP contribution in [-0.2, 0) is 14.2 Å². The molecule has 0 spiro atoms. The third-order valence-corrected chi connectivity index (χ3v) is 6.20. The molecule has 31 heavy (non-hydrogen) atoms. The molecule has 8 nitrogen and oxygen atoms in total. The van der Waals surface area contributed by atoms with Gasteiger partial charge in [-0.3, -0.25) is 5.32 Å². The maximum Gasteiger partial charge on any atom is 0.412 e. The minimum atomic E-state index is -0.523.